The van der Waals surface area contributed by atoms with Crippen molar-refractivity contribution < 1.29 is 24.3 Å². The number of aliphatic hydroxyl groups is 1. The quantitative estimate of drug-likeness (QED) is 0.0997. The van der Waals surface area contributed by atoms with Crippen molar-refractivity contribution in [3.05, 3.63) is 118 Å². The number of para-hydroxylation sites is 1. The molecule has 1 atom stereocenters. The first-order chi connectivity index (χ1) is 30.0. The number of nitrogens with zero attached hydrogens (tertiary/aromatic N) is 6. The monoisotopic (exact) mass is 878 g/mol. The van der Waals surface area contributed by atoms with Crippen molar-refractivity contribution in [2.45, 2.75) is 37.3 Å². The zero-order chi connectivity index (χ0) is 43.2. The number of piperazine rings is 1. The number of piperidine rings is 2. The van der Waals surface area contributed by atoms with Crippen LogP contribution in [0.3, 0.4) is 0 Å². The van der Waals surface area contributed by atoms with Crippen molar-refractivity contribution in [1.82, 2.24) is 35.2 Å². The van der Waals surface area contributed by atoms with Gasteiger partial charge in [-0.15, -0.1) is 0 Å². The second-order valence-corrected chi connectivity index (χ2v) is 16.7. The Balaban J connectivity index is 0.808. The summed E-state index contributed by atoms with van der Waals surface area (Å²) in [4.78, 5) is 62.4. The Bertz CT molecular complexity index is 2400. The van der Waals surface area contributed by atoms with Gasteiger partial charge in [-0.2, -0.15) is 5.10 Å². The van der Waals surface area contributed by atoms with Gasteiger partial charge in [-0.25, -0.2) is 4.68 Å². The number of hydrogen-bond donors (Lipinski definition) is 5. The number of hydrogen-bond acceptors (Lipinski definition) is 11. The molecular formula is C45H48Cl2N10O5. The van der Waals surface area contributed by atoms with Crippen LogP contribution in [-0.4, -0.2) is 124 Å². The first-order valence-corrected chi connectivity index (χ1v) is 21.5. The number of amides is 4. The molecule has 1 unspecified atom stereocenters. The van der Waals surface area contributed by atoms with Crippen LogP contribution in [0.4, 0.5) is 17.2 Å². The number of nitrogens with one attached hydrogen (secondary N) is 4. The van der Waals surface area contributed by atoms with Crippen molar-refractivity contribution in [2.24, 2.45) is 0 Å². The molecule has 0 radical (unpaired) electrons. The summed E-state index contributed by atoms with van der Waals surface area (Å²) in [5, 5.41) is 27.9. The molecule has 3 aliphatic heterocycles. The first kappa shape index (κ1) is 42.8. The topological polar surface area (TPSA) is 177 Å². The number of pyridine rings is 1. The van der Waals surface area contributed by atoms with Gasteiger partial charge in [0, 0.05) is 94.5 Å². The van der Waals surface area contributed by atoms with E-state index in [1.54, 1.807) is 24.4 Å². The Kier molecular flexibility index (Phi) is 13.2. The number of aromatic nitrogens is 3. The molecule has 5 N–H and O–H groups in total. The van der Waals surface area contributed by atoms with Crippen LogP contribution in [0.2, 0.25) is 10.0 Å². The number of imide groups is 1. The van der Waals surface area contributed by atoms with E-state index in [-0.39, 0.29) is 40.5 Å². The molecule has 8 rings (SSSR count). The molecule has 2 aromatic heterocycles. The number of halogens is 2. The van der Waals surface area contributed by atoms with Gasteiger partial charge in [0.15, 0.2) is 5.69 Å². The first-order valence-electron chi connectivity index (χ1n) is 20.8. The van der Waals surface area contributed by atoms with Gasteiger partial charge in [0.1, 0.15) is 11.9 Å². The Morgan fingerprint density at radius 3 is 2.21 bits per heavy atom. The molecule has 15 nitrogen and oxygen atoms in total. The smallest absolute Gasteiger partial charge is 0.271 e. The molecule has 62 heavy (non-hydrogen) atoms. The van der Waals surface area contributed by atoms with Gasteiger partial charge in [0.2, 0.25) is 11.8 Å². The highest BCUT2D eigenvalue weighted by Crippen LogP contribution is 2.33. The summed E-state index contributed by atoms with van der Waals surface area (Å²) in [6.45, 7) is 6.98. The van der Waals surface area contributed by atoms with E-state index in [4.69, 9.17) is 23.2 Å². The predicted molar refractivity (Wildman–Crippen MR) is 239 cm³/mol. The summed E-state index contributed by atoms with van der Waals surface area (Å²) in [6, 6.07) is 26.8. The second kappa shape index (κ2) is 19.1. The lowest BCUT2D eigenvalue weighted by molar-refractivity contribution is -0.133. The Hall–Kier alpha value is -5.84. The number of rotatable bonds is 13. The van der Waals surface area contributed by atoms with E-state index in [9.17, 15) is 24.3 Å². The van der Waals surface area contributed by atoms with Crippen molar-refractivity contribution in [3.8, 4) is 16.9 Å². The molecule has 0 spiro atoms. The fourth-order valence-electron chi connectivity index (χ4n) is 7.99. The lowest BCUT2D eigenvalue weighted by Gasteiger charge is -2.40. The van der Waals surface area contributed by atoms with E-state index in [1.165, 1.54) is 16.8 Å². The van der Waals surface area contributed by atoms with Gasteiger partial charge in [0.25, 0.3) is 11.8 Å². The van der Waals surface area contributed by atoms with Crippen LogP contribution in [0, 0.1) is 0 Å². The van der Waals surface area contributed by atoms with Crippen molar-refractivity contribution in [3.63, 3.8) is 0 Å². The molecule has 0 bridgehead atoms. The standard InChI is InChI=1S/C45H48Cl2N10O5/c46-35-27-36(47)34(26-33(35)37-8-4-5-17-48-37)42(59)51-40-28-39(53-57(40)32-6-2-1-3-7-32)43(60)49-29-45(62)15-18-54(19-16-45)20-21-55-22-24-56(25-23-55)31-11-9-30(10-12-31)50-38-13-14-41(58)52-44(38)61/h1-12,17,26-28,38,50,62H,13-16,18-25,29H2,(H,49,60)(H,51,59)(H,52,58,61). The number of carbonyl (C=O) groups excluding carboxylic acids is 4. The van der Waals surface area contributed by atoms with Crippen LogP contribution < -0.4 is 26.2 Å². The largest absolute Gasteiger partial charge is 0.388 e. The van der Waals surface area contributed by atoms with Crippen LogP contribution in [0.15, 0.2) is 97.2 Å². The van der Waals surface area contributed by atoms with Gasteiger partial charge in [0.05, 0.1) is 32.6 Å². The van der Waals surface area contributed by atoms with Gasteiger partial charge >= 0.3 is 0 Å². The molecule has 3 saturated heterocycles. The normalized spacial score (nSPS) is 18.2. The van der Waals surface area contributed by atoms with E-state index >= 15 is 0 Å². The maximum Gasteiger partial charge on any atom is 0.271 e. The van der Waals surface area contributed by atoms with E-state index < -0.39 is 23.5 Å². The molecule has 5 heterocycles. The van der Waals surface area contributed by atoms with Crippen LogP contribution in [0.5, 0.6) is 0 Å². The van der Waals surface area contributed by atoms with E-state index in [2.05, 4.69) is 58.2 Å². The minimum Gasteiger partial charge on any atom is -0.388 e. The third-order valence-electron chi connectivity index (χ3n) is 11.7. The SMILES string of the molecule is O=C1CCC(Nc2ccc(N3CCN(CCN4CCC(O)(CNC(=O)c5cc(NC(=O)c6cc(-c7ccccn7)c(Cl)cc6Cl)n(-c6ccccc6)n5)CC4)CC3)cc2)C(=O)N1. The minimum atomic E-state index is -1.07. The van der Waals surface area contributed by atoms with E-state index in [1.807, 2.05) is 48.5 Å². The molecule has 0 saturated carbocycles. The molecule has 4 amide bonds. The zero-order valence-corrected chi connectivity index (χ0v) is 35.5. The summed E-state index contributed by atoms with van der Waals surface area (Å²) in [7, 11) is 0. The number of carbonyl (C=O) groups is 4. The summed E-state index contributed by atoms with van der Waals surface area (Å²) in [6.07, 6.45) is 3.48. The molecular weight excluding hydrogens is 831 g/mol. The van der Waals surface area contributed by atoms with E-state index in [0.29, 0.717) is 60.7 Å². The third-order valence-corrected chi connectivity index (χ3v) is 12.3. The minimum absolute atomic E-state index is 0.0617. The molecule has 0 aliphatic carbocycles. The van der Waals surface area contributed by atoms with Crippen molar-refractivity contribution in [2.75, 3.05) is 74.4 Å². The van der Waals surface area contributed by atoms with Crippen molar-refractivity contribution >= 4 is 64.0 Å². The molecule has 17 heteroatoms. The Morgan fingerprint density at radius 2 is 1.52 bits per heavy atom. The number of anilines is 3. The van der Waals surface area contributed by atoms with Crippen LogP contribution >= 0.6 is 23.2 Å². The fraction of sp³-hybridized carbons (Fsp3) is 0.333. The maximum atomic E-state index is 13.7. The summed E-state index contributed by atoms with van der Waals surface area (Å²) >= 11 is 13.0. The van der Waals surface area contributed by atoms with Crippen LogP contribution in [0.25, 0.3) is 16.9 Å². The van der Waals surface area contributed by atoms with Gasteiger partial charge in [-0.05, 0) is 79.9 Å². The van der Waals surface area contributed by atoms with Gasteiger partial charge in [-0.3, -0.25) is 34.4 Å². The number of likely N-dealkylation sites (tertiary alicyclic amines) is 1. The van der Waals surface area contributed by atoms with Gasteiger partial charge < -0.3 is 30.9 Å². The lowest BCUT2D eigenvalue weighted by atomic mass is 9.91. The lowest BCUT2D eigenvalue weighted by Crippen LogP contribution is -2.53. The summed E-state index contributed by atoms with van der Waals surface area (Å²) in [5.41, 5.74) is 2.90. The molecule has 5 aromatic rings. The fourth-order valence-corrected chi connectivity index (χ4v) is 8.56. The van der Waals surface area contributed by atoms with E-state index in [0.717, 1.165) is 50.6 Å². The second-order valence-electron chi connectivity index (χ2n) is 15.9. The molecule has 3 fully saturated rings. The molecule has 3 aliphatic rings. The van der Waals surface area contributed by atoms with Crippen LogP contribution in [-0.2, 0) is 9.59 Å². The summed E-state index contributed by atoms with van der Waals surface area (Å²) < 4.78 is 1.48. The summed E-state index contributed by atoms with van der Waals surface area (Å²) in [5.74, 6) is -1.26. The molecule has 3 aromatic carbocycles. The molecule has 322 valence electrons. The third kappa shape index (κ3) is 10.3. The average Bonchev–Trinajstić information content (AvgIpc) is 3.71. The zero-order valence-electron chi connectivity index (χ0n) is 34.0. The highest BCUT2D eigenvalue weighted by atomic mass is 35.5. The van der Waals surface area contributed by atoms with Gasteiger partial charge in [-0.1, -0.05) is 47.5 Å². The number of benzene rings is 3. The maximum absolute atomic E-state index is 13.7. The van der Waals surface area contributed by atoms with Crippen LogP contribution in [0.1, 0.15) is 46.5 Å². The highest BCUT2D eigenvalue weighted by molar-refractivity contribution is 6.38. The predicted octanol–water partition coefficient (Wildman–Crippen LogP) is 5.09. The Morgan fingerprint density at radius 1 is 0.806 bits per heavy atom. The Labute approximate surface area is 369 Å². The highest BCUT2D eigenvalue weighted by Gasteiger charge is 2.34. The average molecular weight is 880 g/mol. The van der Waals surface area contributed by atoms with Crippen molar-refractivity contribution in [1.29, 1.82) is 0 Å².